The van der Waals surface area contributed by atoms with Gasteiger partial charge in [-0.3, -0.25) is 4.79 Å². The van der Waals surface area contributed by atoms with Crippen LogP contribution in [0.1, 0.15) is 47.0 Å². The van der Waals surface area contributed by atoms with Crippen molar-refractivity contribution in [2.45, 2.75) is 53.1 Å². The molecule has 0 bridgehead atoms. The molecule has 5 heteroatoms. The van der Waals surface area contributed by atoms with E-state index in [1.165, 1.54) is 0 Å². The minimum absolute atomic E-state index is 0.0644. The van der Waals surface area contributed by atoms with Crippen LogP contribution in [0.25, 0.3) is 0 Å². The normalized spacial score (nSPS) is 12.1. The second-order valence-electron chi connectivity index (χ2n) is 4.53. The van der Waals surface area contributed by atoms with Gasteiger partial charge in [0.2, 0.25) is 0 Å². The van der Waals surface area contributed by atoms with Gasteiger partial charge in [0.05, 0.1) is 18.6 Å². The van der Waals surface area contributed by atoms with Crippen LogP contribution >= 0.6 is 0 Å². The van der Waals surface area contributed by atoms with Crippen LogP contribution in [0.3, 0.4) is 0 Å². The van der Waals surface area contributed by atoms with Gasteiger partial charge in [-0.05, 0) is 33.6 Å². The topological polar surface area (TPSA) is 64.6 Å². The molecule has 0 aliphatic heterocycles. The molecule has 0 saturated carbocycles. The van der Waals surface area contributed by atoms with Crippen molar-refractivity contribution in [1.82, 2.24) is 5.32 Å². The molecule has 0 aromatic heterocycles. The maximum absolute atomic E-state index is 11.5. The average molecular weight is 259 g/mol. The number of hydrogen-bond acceptors (Lipinski definition) is 4. The molecule has 1 atom stereocenters. The number of hydrogen-bond donors (Lipinski definition) is 1. The van der Waals surface area contributed by atoms with Crippen molar-refractivity contribution >= 4 is 12.1 Å². The minimum atomic E-state index is -0.384. The van der Waals surface area contributed by atoms with Crippen LogP contribution in [-0.4, -0.2) is 31.3 Å². The van der Waals surface area contributed by atoms with Crippen LogP contribution < -0.4 is 5.32 Å². The molecule has 106 valence electrons. The van der Waals surface area contributed by atoms with Gasteiger partial charge in [0.1, 0.15) is 0 Å². The summed E-state index contributed by atoms with van der Waals surface area (Å²) < 4.78 is 9.84. The number of esters is 1. The highest BCUT2D eigenvalue weighted by molar-refractivity contribution is 5.72. The predicted octanol–water partition coefficient (Wildman–Crippen LogP) is 2.49. The van der Waals surface area contributed by atoms with Gasteiger partial charge in [-0.15, -0.1) is 0 Å². The molecule has 0 saturated heterocycles. The summed E-state index contributed by atoms with van der Waals surface area (Å²) in [5.41, 5.74) is 0. The molecule has 0 spiro atoms. The SMILES string of the molecule is CCOC(=O)NCCCC[C@@H](C)C(=O)OC(C)C. The van der Waals surface area contributed by atoms with Crippen LogP contribution in [0.15, 0.2) is 0 Å². The lowest BCUT2D eigenvalue weighted by molar-refractivity contribution is -0.152. The quantitative estimate of drug-likeness (QED) is 0.537. The summed E-state index contributed by atoms with van der Waals surface area (Å²) in [5, 5.41) is 2.64. The zero-order chi connectivity index (χ0) is 14.0. The summed E-state index contributed by atoms with van der Waals surface area (Å²) in [5.74, 6) is -0.238. The average Bonchev–Trinajstić information content (AvgIpc) is 2.27. The monoisotopic (exact) mass is 259 g/mol. The Hall–Kier alpha value is -1.26. The second-order valence-corrected chi connectivity index (χ2v) is 4.53. The van der Waals surface area contributed by atoms with Crippen LogP contribution in [0.4, 0.5) is 4.79 Å². The van der Waals surface area contributed by atoms with E-state index in [1.54, 1.807) is 6.92 Å². The molecular weight excluding hydrogens is 234 g/mol. The van der Waals surface area contributed by atoms with Gasteiger partial charge in [-0.25, -0.2) is 4.79 Å². The minimum Gasteiger partial charge on any atom is -0.463 e. The lowest BCUT2D eigenvalue weighted by atomic mass is 10.0. The summed E-state index contributed by atoms with van der Waals surface area (Å²) in [6.45, 7) is 8.27. The molecule has 1 amide bonds. The van der Waals surface area contributed by atoms with Gasteiger partial charge in [0.15, 0.2) is 0 Å². The Balaban J connectivity index is 3.54. The number of amides is 1. The predicted molar refractivity (Wildman–Crippen MR) is 69.3 cm³/mol. The van der Waals surface area contributed by atoms with E-state index in [0.29, 0.717) is 13.2 Å². The second kappa shape index (κ2) is 9.74. The highest BCUT2D eigenvalue weighted by Gasteiger charge is 2.15. The van der Waals surface area contributed by atoms with Gasteiger partial charge < -0.3 is 14.8 Å². The summed E-state index contributed by atoms with van der Waals surface area (Å²) >= 11 is 0. The molecule has 0 heterocycles. The summed E-state index contributed by atoms with van der Waals surface area (Å²) in [7, 11) is 0. The molecular formula is C13H25NO4. The van der Waals surface area contributed by atoms with Crippen molar-refractivity contribution in [1.29, 1.82) is 0 Å². The van der Waals surface area contributed by atoms with Crippen molar-refractivity contribution in [3.05, 3.63) is 0 Å². The number of nitrogens with one attached hydrogen (secondary N) is 1. The van der Waals surface area contributed by atoms with Gasteiger partial charge in [0, 0.05) is 6.54 Å². The number of rotatable bonds is 8. The van der Waals surface area contributed by atoms with Gasteiger partial charge in [-0.1, -0.05) is 13.3 Å². The Kier molecular flexibility index (Phi) is 9.06. The Labute approximate surface area is 109 Å². The molecule has 0 aromatic rings. The largest absolute Gasteiger partial charge is 0.463 e. The third-order valence-corrected chi connectivity index (χ3v) is 2.36. The fourth-order valence-corrected chi connectivity index (χ4v) is 1.41. The van der Waals surface area contributed by atoms with Crippen LogP contribution in [-0.2, 0) is 14.3 Å². The van der Waals surface area contributed by atoms with E-state index >= 15 is 0 Å². The number of unbranched alkanes of at least 4 members (excludes halogenated alkanes) is 1. The lowest BCUT2D eigenvalue weighted by Crippen LogP contribution is -2.25. The Bertz CT molecular complexity index is 253. The molecule has 0 rings (SSSR count). The summed E-state index contributed by atoms with van der Waals surface area (Å²) in [6.07, 6.45) is 2.03. The van der Waals surface area contributed by atoms with E-state index in [2.05, 4.69) is 5.32 Å². The Morgan fingerprint density at radius 2 is 1.83 bits per heavy atom. The van der Waals surface area contributed by atoms with Gasteiger partial charge >= 0.3 is 12.1 Å². The van der Waals surface area contributed by atoms with Crippen molar-refractivity contribution in [2.24, 2.45) is 5.92 Å². The molecule has 0 fully saturated rings. The highest BCUT2D eigenvalue weighted by atomic mass is 16.5. The Morgan fingerprint density at radius 1 is 1.17 bits per heavy atom. The maximum Gasteiger partial charge on any atom is 0.407 e. The molecule has 5 nitrogen and oxygen atoms in total. The fraction of sp³-hybridized carbons (Fsp3) is 0.846. The zero-order valence-electron chi connectivity index (χ0n) is 11.8. The van der Waals surface area contributed by atoms with E-state index in [9.17, 15) is 9.59 Å². The van der Waals surface area contributed by atoms with Crippen molar-refractivity contribution in [2.75, 3.05) is 13.2 Å². The maximum atomic E-state index is 11.5. The summed E-state index contributed by atoms with van der Waals surface area (Å²) in [4.78, 5) is 22.5. The third-order valence-electron chi connectivity index (χ3n) is 2.36. The number of carbonyl (C=O) groups excluding carboxylic acids is 2. The first-order valence-electron chi connectivity index (χ1n) is 6.58. The smallest absolute Gasteiger partial charge is 0.407 e. The van der Waals surface area contributed by atoms with E-state index in [4.69, 9.17) is 9.47 Å². The first kappa shape index (κ1) is 16.7. The Morgan fingerprint density at radius 3 is 2.39 bits per heavy atom. The van der Waals surface area contributed by atoms with E-state index in [0.717, 1.165) is 19.3 Å². The highest BCUT2D eigenvalue weighted by Crippen LogP contribution is 2.10. The molecule has 0 radical (unpaired) electrons. The number of ether oxygens (including phenoxy) is 2. The van der Waals surface area contributed by atoms with Crippen molar-refractivity contribution < 1.29 is 19.1 Å². The molecule has 1 N–H and O–H groups in total. The van der Waals surface area contributed by atoms with Crippen molar-refractivity contribution in [3.63, 3.8) is 0 Å². The fourth-order valence-electron chi connectivity index (χ4n) is 1.41. The third kappa shape index (κ3) is 8.84. The van der Waals surface area contributed by atoms with Crippen LogP contribution in [0.2, 0.25) is 0 Å². The van der Waals surface area contributed by atoms with Crippen molar-refractivity contribution in [3.8, 4) is 0 Å². The lowest BCUT2D eigenvalue weighted by Gasteiger charge is -2.13. The number of carbonyl (C=O) groups is 2. The summed E-state index contributed by atoms with van der Waals surface area (Å²) in [6, 6.07) is 0. The molecule has 0 aromatic carbocycles. The first-order valence-corrected chi connectivity index (χ1v) is 6.58. The molecule has 18 heavy (non-hydrogen) atoms. The van der Waals surface area contributed by atoms with E-state index in [-0.39, 0.29) is 24.1 Å². The van der Waals surface area contributed by atoms with E-state index < -0.39 is 0 Å². The zero-order valence-corrected chi connectivity index (χ0v) is 11.8. The first-order chi connectivity index (χ1) is 8.47. The van der Waals surface area contributed by atoms with Gasteiger partial charge in [-0.2, -0.15) is 0 Å². The number of alkyl carbamates (subject to hydrolysis) is 1. The molecule has 0 aliphatic carbocycles. The standard InChI is InChI=1S/C13H25NO4/c1-5-17-13(16)14-9-7-6-8-11(4)12(15)18-10(2)3/h10-11H,5-9H2,1-4H3,(H,14,16)/t11-/m1/s1. The van der Waals surface area contributed by atoms with E-state index in [1.807, 2.05) is 20.8 Å². The molecule has 0 aliphatic rings. The molecule has 0 unspecified atom stereocenters. The van der Waals surface area contributed by atoms with Gasteiger partial charge in [0.25, 0.3) is 0 Å². The van der Waals surface area contributed by atoms with Crippen LogP contribution in [0, 0.1) is 5.92 Å². The van der Waals surface area contributed by atoms with Crippen LogP contribution in [0.5, 0.6) is 0 Å².